The topological polar surface area (TPSA) is 6.48 Å². The lowest BCUT2D eigenvalue weighted by Crippen LogP contribution is -2.43. The molecule has 4 atom stereocenters. The minimum atomic E-state index is 0.386. The highest BCUT2D eigenvalue weighted by atomic mass is 15.2. The molecule has 4 unspecified atom stereocenters. The van der Waals surface area contributed by atoms with Crippen LogP contribution in [0.3, 0.4) is 0 Å². The Bertz CT molecular complexity index is 1240. The Hall–Kier alpha value is -3.52. The van der Waals surface area contributed by atoms with Crippen molar-refractivity contribution in [1.82, 2.24) is 0 Å². The highest BCUT2D eigenvalue weighted by Crippen LogP contribution is 2.36. The third-order valence-corrected chi connectivity index (χ3v) is 8.53. The average Bonchev–Trinajstić information content (AvgIpc) is 3.00. The van der Waals surface area contributed by atoms with Crippen LogP contribution in [0.5, 0.6) is 0 Å². The molecule has 6 rings (SSSR count). The number of para-hydroxylation sites is 1. The number of anilines is 2. The van der Waals surface area contributed by atoms with Crippen LogP contribution in [0.2, 0.25) is 0 Å². The summed E-state index contributed by atoms with van der Waals surface area (Å²) in [6, 6.07) is 21.8. The van der Waals surface area contributed by atoms with E-state index in [1.165, 1.54) is 54.7 Å². The van der Waals surface area contributed by atoms with Crippen molar-refractivity contribution in [3.63, 3.8) is 0 Å². The van der Waals surface area contributed by atoms with Gasteiger partial charge in [0, 0.05) is 35.1 Å². The predicted molar refractivity (Wildman–Crippen MR) is 163 cm³/mol. The molecule has 0 fully saturated rings. The first kappa shape index (κ1) is 24.8. The van der Waals surface area contributed by atoms with Gasteiger partial charge in [0.25, 0.3) is 0 Å². The van der Waals surface area contributed by atoms with E-state index in [1.54, 1.807) is 0 Å². The fourth-order valence-corrected chi connectivity index (χ4v) is 6.57. The molecule has 2 aromatic carbocycles. The van der Waals surface area contributed by atoms with Crippen molar-refractivity contribution in [3.8, 4) is 0 Å². The smallest absolute Gasteiger partial charge is 0.0556 e. The van der Waals surface area contributed by atoms with Crippen LogP contribution in [-0.4, -0.2) is 18.1 Å². The van der Waals surface area contributed by atoms with Gasteiger partial charge in [-0.1, -0.05) is 91.1 Å². The van der Waals surface area contributed by atoms with Gasteiger partial charge in [0.1, 0.15) is 0 Å². The molecule has 2 aromatic rings. The third kappa shape index (κ3) is 5.50. The molecule has 2 nitrogen and oxygen atoms in total. The van der Waals surface area contributed by atoms with Gasteiger partial charge in [-0.15, -0.1) is 0 Å². The molecule has 4 aliphatic rings. The molecule has 0 spiro atoms. The fourth-order valence-electron chi connectivity index (χ4n) is 6.57. The standard InChI is InChI=1S/C36H40N2/c1-5-13-31(14-6-1)37(32-15-7-2-8-16-32)35-25-21-29(22-26-35)30-23-27-36(28-24-30)38(33-17-9-3-10-18-33)34-19-11-4-12-20-34/h1-3,5-7,9-11,13,15,17-19,21-23,25-27,30-31,34,36H,4,8,12,14,16,20,24,28H2. The van der Waals surface area contributed by atoms with Gasteiger partial charge < -0.3 is 9.80 Å². The first-order valence-corrected chi connectivity index (χ1v) is 14.6. The summed E-state index contributed by atoms with van der Waals surface area (Å²) in [6.45, 7) is 0. The van der Waals surface area contributed by atoms with E-state index in [4.69, 9.17) is 0 Å². The van der Waals surface area contributed by atoms with Gasteiger partial charge in [-0.05, 0) is 87.3 Å². The quantitative estimate of drug-likeness (QED) is 0.350. The van der Waals surface area contributed by atoms with E-state index in [-0.39, 0.29) is 0 Å². The minimum absolute atomic E-state index is 0.386. The summed E-state index contributed by atoms with van der Waals surface area (Å²) < 4.78 is 0. The molecule has 0 aromatic heterocycles. The number of benzene rings is 2. The zero-order valence-electron chi connectivity index (χ0n) is 22.4. The normalized spacial score (nSPS) is 26.3. The van der Waals surface area contributed by atoms with Gasteiger partial charge in [-0.2, -0.15) is 0 Å². The van der Waals surface area contributed by atoms with Crippen LogP contribution < -0.4 is 9.80 Å². The van der Waals surface area contributed by atoms with E-state index in [0.717, 1.165) is 19.3 Å². The fraction of sp³-hybridized carbons (Fsp3) is 0.333. The van der Waals surface area contributed by atoms with E-state index >= 15 is 0 Å². The van der Waals surface area contributed by atoms with Crippen molar-refractivity contribution < 1.29 is 0 Å². The summed E-state index contributed by atoms with van der Waals surface area (Å²) in [5.74, 6) is 0.489. The maximum atomic E-state index is 2.67. The monoisotopic (exact) mass is 500 g/mol. The average molecular weight is 501 g/mol. The van der Waals surface area contributed by atoms with Gasteiger partial charge in [0.15, 0.2) is 0 Å². The Morgan fingerprint density at radius 3 is 2.16 bits per heavy atom. The molecule has 0 heterocycles. The molecular formula is C36H40N2. The SMILES string of the molecule is C1=CCCC(N(c2ccc(C3C=CC(N(c4ccccc4)C4C=CCCC4)CC3)cc2)C2C=CC=CC2)=C1. The van der Waals surface area contributed by atoms with Crippen molar-refractivity contribution in [2.75, 3.05) is 9.80 Å². The van der Waals surface area contributed by atoms with E-state index < -0.39 is 0 Å². The summed E-state index contributed by atoms with van der Waals surface area (Å²) in [5.41, 5.74) is 5.50. The first-order valence-electron chi connectivity index (χ1n) is 14.6. The zero-order chi connectivity index (χ0) is 25.6. The lowest BCUT2D eigenvalue weighted by molar-refractivity contribution is 0.499. The molecule has 0 N–H and O–H groups in total. The molecule has 194 valence electrons. The van der Waals surface area contributed by atoms with Crippen molar-refractivity contribution in [2.24, 2.45) is 0 Å². The molecule has 0 bridgehead atoms. The lowest BCUT2D eigenvalue weighted by atomic mass is 9.85. The minimum Gasteiger partial charge on any atom is -0.359 e. The molecular weight excluding hydrogens is 460 g/mol. The highest BCUT2D eigenvalue weighted by Gasteiger charge is 2.28. The first-order chi connectivity index (χ1) is 18.9. The molecule has 0 amide bonds. The van der Waals surface area contributed by atoms with Gasteiger partial charge in [0.05, 0.1) is 6.04 Å². The number of hydrogen-bond donors (Lipinski definition) is 0. The maximum Gasteiger partial charge on any atom is 0.0556 e. The lowest BCUT2D eigenvalue weighted by Gasteiger charge is -2.41. The largest absolute Gasteiger partial charge is 0.359 e. The molecule has 0 saturated heterocycles. The summed E-state index contributed by atoms with van der Waals surface area (Å²) in [5, 5.41) is 0. The van der Waals surface area contributed by atoms with Gasteiger partial charge in [-0.3, -0.25) is 0 Å². The molecule has 0 aliphatic heterocycles. The van der Waals surface area contributed by atoms with Crippen LogP contribution in [0.25, 0.3) is 0 Å². The van der Waals surface area contributed by atoms with Gasteiger partial charge >= 0.3 is 0 Å². The Morgan fingerprint density at radius 2 is 1.47 bits per heavy atom. The van der Waals surface area contributed by atoms with Crippen molar-refractivity contribution in [1.29, 1.82) is 0 Å². The summed E-state index contributed by atoms with van der Waals surface area (Å²) in [4.78, 5) is 5.22. The second kappa shape index (κ2) is 11.9. The summed E-state index contributed by atoms with van der Waals surface area (Å²) >= 11 is 0. The zero-order valence-corrected chi connectivity index (χ0v) is 22.4. The number of nitrogens with zero attached hydrogens (tertiary/aromatic N) is 2. The van der Waals surface area contributed by atoms with E-state index in [9.17, 15) is 0 Å². The van der Waals surface area contributed by atoms with Crippen molar-refractivity contribution in [2.45, 2.75) is 75.4 Å². The van der Waals surface area contributed by atoms with Gasteiger partial charge in [0.2, 0.25) is 0 Å². The second-order valence-corrected chi connectivity index (χ2v) is 11.0. The predicted octanol–water partition coefficient (Wildman–Crippen LogP) is 9.03. The van der Waals surface area contributed by atoms with E-state index in [2.05, 4.69) is 131 Å². The maximum absolute atomic E-state index is 2.67. The van der Waals surface area contributed by atoms with Gasteiger partial charge in [-0.25, -0.2) is 0 Å². The highest BCUT2D eigenvalue weighted by molar-refractivity contribution is 5.57. The van der Waals surface area contributed by atoms with Crippen LogP contribution in [0.1, 0.15) is 62.8 Å². The van der Waals surface area contributed by atoms with Crippen LogP contribution >= 0.6 is 0 Å². The van der Waals surface area contributed by atoms with Crippen molar-refractivity contribution in [3.05, 3.63) is 133 Å². The Balaban J connectivity index is 1.20. The summed E-state index contributed by atoms with van der Waals surface area (Å²) in [7, 11) is 0. The van der Waals surface area contributed by atoms with Crippen LogP contribution in [0, 0.1) is 0 Å². The Kier molecular flexibility index (Phi) is 7.77. The van der Waals surface area contributed by atoms with E-state index in [1.807, 2.05) is 0 Å². The molecule has 0 saturated carbocycles. The van der Waals surface area contributed by atoms with Crippen LogP contribution in [0.4, 0.5) is 11.4 Å². The molecule has 4 aliphatic carbocycles. The van der Waals surface area contributed by atoms with Crippen LogP contribution in [-0.2, 0) is 0 Å². The summed E-state index contributed by atoms with van der Waals surface area (Å²) in [6.07, 6.45) is 35.0. The Labute approximate surface area is 229 Å². The third-order valence-electron chi connectivity index (χ3n) is 8.53. The second-order valence-electron chi connectivity index (χ2n) is 11.0. The Morgan fingerprint density at radius 1 is 0.605 bits per heavy atom. The van der Waals surface area contributed by atoms with Crippen molar-refractivity contribution >= 4 is 11.4 Å². The molecule has 2 heteroatoms. The molecule has 38 heavy (non-hydrogen) atoms. The number of rotatable bonds is 7. The van der Waals surface area contributed by atoms with Crippen LogP contribution in [0.15, 0.2) is 127 Å². The number of allylic oxidation sites excluding steroid dienone is 8. The van der Waals surface area contributed by atoms with E-state index in [0.29, 0.717) is 24.0 Å². The number of hydrogen-bond acceptors (Lipinski definition) is 2. The molecule has 0 radical (unpaired) electrons.